The van der Waals surface area contributed by atoms with E-state index >= 15 is 0 Å². The van der Waals surface area contributed by atoms with Crippen LogP contribution in [0.4, 0.5) is 0 Å². The van der Waals surface area contributed by atoms with Gasteiger partial charge in [-0.2, -0.15) is 0 Å². The van der Waals surface area contributed by atoms with E-state index in [2.05, 4.69) is 47.1 Å². The molecule has 0 aromatic heterocycles. The standard InChI is InChI=1S/C24H30ClN3O3/c1-14-5-4-6-17(7-14)9-18-10-21(26-12-18)24(31)28-16(3)23(30)27-13-19-11-20(25)8-15(2)22(19)29/h4-8,11,16,18,21,26,29H,9-10,12-13H2,1-3H3,(H,27,30)(H,28,31)/t16-,18-,21+/m0/s1. The number of amides is 2. The summed E-state index contributed by atoms with van der Waals surface area (Å²) in [5.41, 5.74) is 3.69. The van der Waals surface area contributed by atoms with Crippen molar-refractivity contribution in [2.24, 2.45) is 5.92 Å². The van der Waals surface area contributed by atoms with Gasteiger partial charge >= 0.3 is 0 Å². The third-order valence-corrected chi connectivity index (χ3v) is 5.91. The van der Waals surface area contributed by atoms with E-state index in [1.807, 2.05) is 0 Å². The number of aromatic hydroxyl groups is 1. The first-order valence-electron chi connectivity index (χ1n) is 10.6. The number of nitrogens with one attached hydrogen (secondary N) is 3. The van der Waals surface area contributed by atoms with Gasteiger partial charge in [0.15, 0.2) is 0 Å². The van der Waals surface area contributed by atoms with E-state index in [0.29, 0.717) is 22.1 Å². The highest BCUT2D eigenvalue weighted by molar-refractivity contribution is 6.30. The lowest BCUT2D eigenvalue weighted by molar-refractivity contribution is -0.129. The first-order chi connectivity index (χ1) is 14.7. The van der Waals surface area contributed by atoms with Gasteiger partial charge in [0.25, 0.3) is 0 Å². The van der Waals surface area contributed by atoms with E-state index in [9.17, 15) is 14.7 Å². The number of hydrogen-bond donors (Lipinski definition) is 4. The minimum Gasteiger partial charge on any atom is -0.507 e. The molecule has 1 saturated heterocycles. The van der Waals surface area contributed by atoms with Gasteiger partial charge in [-0.15, -0.1) is 0 Å². The van der Waals surface area contributed by atoms with Crippen LogP contribution in [0, 0.1) is 19.8 Å². The van der Waals surface area contributed by atoms with Crippen molar-refractivity contribution in [1.29, 1.82) is 0 Å². The molecule has 0 radical (unpaired) electrons. The number of halogens is 1. The molecule has 3 atom stereocenters. The number of phenolic OH excluding ortho intramolecular Hbond substituents is 1. The van der Waals surface area contributed by atoms with E-state index in [-0.39, 0.29) is 30.2 Å². The summed E-state index contributed by atoms with van der Waals surface area (Å²) in [5.74, 6) is 0.00227. The van der Waals surface area contributed by atoms with E-state index in [1.165, 1.54) is 11.1 Å². The van der Waals surface area contributed by atoms with Crippen molar-refractivity contribution >= 4 is 23.4 Å². The Labute approximate surface area is 188 Å². The zero-order valence-electron chi connectivity index (χ0n) is 18.2. The molecule has 1 fully saturated rings. The van der Waals surface area contributed by atoms with Crippen LogP contribution in [0.15, 0.2) is 36.4 Å². The van der Waals surface area contributed by atoms with Crippen molar-refractivity contribution in [3.8, 4) is 5.75 Å². The monoisotopic (exact) mass is 443 g/mol. The van der Waals surface area contributed by atoms with Gasteiger partial charge in [-0.25, -0.2) is 0 Å². The first kappa shape index (κ1) is 23.1. The Bertz CT molecular complexity index is 963. The molecule has 6 nitrogen and oxygen atoms in total. The maximum atomic E-state index is 12.6. The third kappa shape index (κ3) is 6.21. The molecule has 3 rings (SSSR count). The van der Waals surface area contributed by atoms with Gasteiger partial charge in [-0.1, -0.05) is 41.4 Å². The third-order valence-electron chi connectivity index (χ3n) is 5.69. The van der Waals surface area contributed by atoms with Gasteiger partial charge in [0.2, 0.25) is 11.8 Å². The lowest BCUT2D eigenvalue weighted by atomic mass is 9.95. The van der Waals surface area contributed by atoms with Crippen molar-refractivity contribution in [3.63, 3.8) is 0 Å². The molecule has 4 N–H and O–H groups in total. The van der Waals surface area contributed by atoms with Crippen LogP contribution in [-0.2, 0) is 22.6 Å². The number of rotatable bonds is 7. The Balaban J connectivity index is 1.47. The molecule has 2 aromatic carbocycles. The molecule has 0 unspecified atom stereocenters. The summed E-state index contributed by atoms with van der Waals surface area (Å²) < 4.78 is 0. The van der Waals surface area contributed by atoms with E-state index in [1.54, 1.807) is 26.0 Å². The molecule has 1 heterocycles. The van der Waals surface area contributed by atoms with Crippen LogP contribution in [0.2, 0.25) is 5.02 Å². The van der Waals surface area contributed by atoms with Crippen LogP contribution in [0.25, 0.3) is 0 Å². The minimum atomic E-state index is -0.687. The number of hydrogen-bond acceptors (Lipinski definition) is 4. The van der Waals surface area contributed by atoms with Gasteiger partial charge in [-0.05, 0) is 69.3 Å². The van der Waals surface area contributed by atoms with Gasteiger partial charge < -0.3 is 21.1 Å². The number of phenols is 1. The molecular formula is C24H30ClN3O3. The van der Waals surface area contributed by atoms with Crippen molar-refractivity contribution in [2.75, 3.05) is 6.54 Å². The van der Waals surface area contributed by atoms with Crippen molar-refractivity contribution < 1.29 is 14.7 Å². The van der Waals surface area contributed by atoms with Gasteiger partial charge in [0, 0.05) is 17.1 Å². The Hall–Kier alpha value is -2.57. The van der Waals surface area contributed by atoms with Crippen LogP contribution >= 0.6 is 11.6 Å². The SMILES string of the molecule is Cc1cccc(C[C@@H]2CN[C@@H](C(=O)N[C@@H](C)C(=O)NCc3cc(Cl)cc(C)c3O)C2)c1. The summed E-state index contributed by atoms with van der Waals surface area (Å²) in [6.07, 6.45) is 1.67. The highest BCUT2D eigenvalue weighted by Gasteiger charge is 2.30. The molecule has 0 spiro atoms. The summed E-state index contributed by atoms with van der Waals surface area (Å²) in [4.78, 5) is 25.0. The van der Waals surface area contributed by atoms with Crippen LogP contribution in [0.3, 0.4) is 0 Å². The molecule has 31 heavy (non-hydrogen) atoms. The molecule has 2 amide bonds. The molecule has 1 aliphatic heterocycles. The molecule has 7 heteroatoms. The van der Waals surface area contributed by atoms with E-state index in [0.717, 1.165) is 19.4 Å². The summed E-state index contributed by atoms with van der Waals surface area (Å²) >= 11 is 6.02. The van der Waals surface area contributed by atoms with Gasteiger partial charge in [-0.3, -0.25) is 9.59 Å². The maximum absolute atomic E-state index is 12.6. The second-order valence-corrected chi connectivity index (χ2v) is 8.87. The summed E-state index contributed by atoms with van der Waals surface area (Å²) in [5, 5.41) is 19.4. The quantitative estimate of drug-likeness (QED) is 0.529. The van der Waals surface area contributed by atoms with Crippen molar-refractivity contribution in [2.45, 2.75) is 52.2 Å². The first-order valence-corrected chi connectivity index (χ1v) is 11.0. The van der Waals surface area contributed by atoms with Crippen LogP contribution in [0.1, 0.15) is 35.6 Å². The Morgan fingerprint density at radius 2 is 2.03 bits per heavy atom. The fraction of sp³-hybridized carbons (Fsp3) is 0.417. The lowest BCUT2D eigenvalue weighted by Crippen LogP contribution is -2.49. The van der Waals surface area contributed by atoms with Gasteiger partial charge in [0.1, 0.15) is 11.8 Å². The molecule has 2 aromatic rings. The highest BCUT2D eigenvalue weighted by atomic mass is 35.5. The Morgan fingerprint density at radius 3 is 2.77 bits per heavy atom. The normalized spacial score (nSPS) is 19.1. The molecule has 0 aliphatic carbocycles. The smallest absolute Gasteiger partial charge is 0.242 e. The fourth-order valence-corrected chi connectivity index (χ4v) is 4.29. The highest BCUT2D eigenvalue weighted by Crippen LogP contribution is 2.26. The summed E-state index contributed by atoms with van der Waals surface area (Å²) in [6, 6.07) is 10.7. The van der Waals surface area contributed by atoms with E-state index in [4.69, 9.17) is 11.6 Å². The van der Waals surface area contributed by atoms with Crippen LogP contribution in [0.5, 0.6) is 5.75 Å². The number of carbonyl (C=O) groups is 2. The summed E-state index contributed by atoms with van der Waals surface area (Å²) in [7, 11) is 0. The number of benzene rings is 2. The molecule has 0 saturated carbocycles. The van der Waals surface area contributed by atoms with E-state index < -0.39 is 6.04 Å². The second kappa shape index (κ2) is 10.2. The molecule has 0 bridgehead atoms. The van der Waals surface area contributed by atoms with Crippen LogP contribution < -0.4 is 16.0 Å². The Morgan fingerprint density at radius 1 is 1.26 bits per heavy atom. The summed E-state index contributed by atoms with van der Waals surface area (Å²) in [6.45, 7) is 6.38. The topological polar surface area (TPSA) is 90.5 Å². The van der Waals surface area contributed by atoms with Crippen molar-refractivity contribution in [3.05, 3.63) is 63.7 Å². The predicted molar refractivity (Wildman–Crippen MR) is 122 cm³/mol. The second-order valence-electron chi connectivity index (χ2n) is 8.43. The van der Waals surface area contributed by atoms with Crippen molar-refractivity contribution in [1.82, 2.24) is 16.0 Å². The largest absolute Gasteiger partial charge is 0.507 e. The predicted octanol–water partition coefficient (Wildman–Crippen LogP) is 3.00. The Kier molecular flexibility index (Phi) is 7.57. The average Bonchev–Trinajstić information content (AvgIpc) is 3.18. The van der Waals surface area contributed by atoms with Crippen LogP contribution in [-0.4, -0.2) is 35.5 Å². The molecule has 166 valence electrons. The minimum absolute atomic E-state index is 0.108. The van der Waals surface area contributed by atoms with Gasteiger partial charge in [0.05, 0.1) is 6.04 Å². The number of aryl methyl sites for hydroxylation is 2. The zero-order chi connectivity index (χ0) is 22.5. The fourth-order valence-electron chi connectivity index (χ4n) is 3.99. The number of carbonyl (C=O) groups excluding carboxylic acids is 2. The average molecular weight is 444 g/mol. The lowest BCUT2D eigenvalue weighted by Gasteiger charge is -2.18. The zero-order valence-corrected chi connectivity index (χ0v) is 18.9. The molecular weight excluding hydrogens is 414 g/mol. The maximum Gasteiger partial charge on any atom is 0.242 e. The molecule has 1 aliphatic rings.